The molecule has 0 heterocycles. The quantitative estimate of drug-likeness (QED) is 0.160. The molecule has 2 N–H and O–H groups in total. The van der Waals surface area contributed by atoms with E-state index in [1.807, 2.05) is 76.7 Å². The molecule has 1 aliphatic rings. The number of urea groups is 2. The second kappa shape index (κ2) is 20.0. The Labute approximate surface area is 279 Å². The molecule has 3 rings (SSSR count). The maximum atomic E-state index is 13.6. The van der Waals surface area contributed by atoms with Crippen LogP contribution in [0.4, 0.5) is 32.3 Å². The van der Waals surface area contributed by atoms with Gasteiger partial charge in [0.2, 0.25) is 0 Å². The van der Waals surface area contributed by atoms with Crippen molar-refractivity contribution in [3.8, 4) is 0 Å². The standard InChI is InChI=1S/C38H62N6O2/c1-7-9-11-13-26-43(37(45)39-33-18-22-35(23-19-33)41(3)4)29-31-16-15-17-32(28-31)30-44(27-14-12-10-8-2)38(46)40-34-20-24-36(25-21-34)42(5)6/h18-25,31-32H,7-17,26-30H2,1-6H3,(H,39,45)(H,40,46)/t31-,32-/m0/s1. The van der Waals surface area contributed by atoms with Gasteiger partial charge in [0.15, 0.2) is 0 Å². The Morgan fingerprint density at radius 2 is 1.00 bits per heavy atom. The van der Waals surface area contributed by atoms with Crippen LogP contribution in [0.1, 0.15) is 90.9 Å². The van der Waals surface area contributed by atoms with Crippen LogP contribution in [0.3, 0.4) is 0 Å². The van der Waals surface area contributed by atoms with Crippen LogP contribution < -0.4 is 20.4 Å². The number of nitrogens with zero attached hydrogens (tertiary/aromatic N) is 4. The largest absolute Gasteiger partial charge is 0.378 e. The smallest absolute Gasteiger partial charge is 0.321 e. The van der Waals surface area contributed by atoms with Crippen molar-refractivity contribution in [3.63, 3.8) is 0 Å². The third kappa shape index (κ3) is 12.8. The van der Waals surface area contributed by atoms with E-state index in [2.05, 4.69) is 44.1 Å². The van der Waals surface area contributed by atoms with Gasteiger partial charge in [-0.2, -0.15) is 0 Å². The number of hydrogen-bond acceptors (Lipinski definition) is 4. The zero-order chi connectivity index (χ0) is 33.3. The first-order valence-corrected chi connectivity index (χ1v) is 17.9. The average molecular weight is 635 g/mol. The van der Waals surface area contributed by atoms with E-state index in [4.69, 9.17) is 0 Å². The fraction of sp³-hybridized carbons (Fsp3) is 0.632. The summed E-state index contributed by atoms with van der Waals surface area (Å²) in [5.74, 6) is 0.880. The van der Waals surface area contributed by atoms with Crippen LogP contribution in [0.25, 0.3) is 0 Å². The van der Waals surface area contributed by atoms with Crippen molar-refractivity contribution in [2.24, 2.45) is 11.8 Å². The summed E-state index contributed by atoms with van der Waals surface area (Å²) in [4.78, 5) is 35.3. The van der Waals surface area contributed by atoms with Gasteiger partial charge < -0.3 is 30.2 Å². The van der Waals surface area contributed by atoms with Crippen LogP contribution >= 0.6 is 0 Å². The van der Waals surface area contributed by atoms with Gasteiger partial charge in [0.05, 0.1) is 0 Å². The van der Waals surface area contributed by atoms with E-state index in [1.54, 1.807) is 0 Å². The Morgan fingerprint density at radius 1 is 0.609 bits per heavy atom. The molecule has 1 aliphatic carbocycles. The van der Waals surface area contributed by atoms with Crippen molar-refractivity contribution < 1.29 is 9.59 Å². The normalized spacial score (nSPS) is 16.0. The minimum Gasteiger partial charge on any atom is -0.378 e. The first-order chi connectivity index (χ1) is 22.2. The van der Waals surface area contributed by atoms with E-state index in [0.717, 1.165) is 100 Å². The number of carbonyl (C=O) groups excluding carboxylic acids is 2. The molecule has 1 saturated carbocycles. The van der Waals surface area contributed by atoms with E-state index in [0.29, 0.717) is 11.8 Å². The number of amides is 4. The highest BCUT2D eigenvalue weighted by Crippen LogP contribution is 2.31. The Balaban J connectivity index is 1.64. The molecule has 0 bridgehead atoms. The van der Waals surface area contributed by atoms with Crippen LogP contribution in [0.2, 0.25) is 0 Å². The highest BCUT2D eigenvalue weighted by Gasteiger charge is 2.28. The lowest BCUT2D eigenvalue weighted by Crippen LogP contribution is -2.43. The fourth-order valence-corrected chi connectivity index (χ4v) is 6.46. The Kier molecular flexibility index (Phi) is 16.1. The first kappa shape index (κ1) is 37.0. The van der Waals surface area contributed by atoms with E-state index < -0.39 is 0 Å². The third-order valence-electron chi connectivity index (χ3n) is 9.26. The first-order valence-electron chi connectivity index (χ1n) is 17.9. The third-order valence-corrected chi connectivity index (χ3v) is 9.26. The molecule has 0 aromatic heterocycles. The summed E-state index contributed by atoms with van der Waals surface area (Å²) in [5, 5.41) is 6.34. The van der Waals surface area contributed by atoms with Gasteiger partial charge in [-0.3, -0.25) is 0 Å². The van der Waals surface area contributed by atoms with Crippen LogP contribution in [0.5, 0.6) is 0 Å². The van der Waals surface area contributed by atoms with Crippen LogP contribution in [-0.2, 0) is 0 Å². The maximum absolute atomic E-state index is 13.6. The zero-order valence-corrected chi connectivity index (χ0v) is 29.7. The van der Waals surface area contributed by atoms with E-state index >= 15 is 0 Å². The highest BCUT2D eigenvalue weighted by atomic mass is 16.2. The number of anilines is 4. The molecule has 2 aromatic rings. The van der Waals surface area contributed by atoms with E-state index in [-0.39, 0.29) is 12.1 Å². The lowest BCUT2D eigenvalue weighted by Gasteiger charge is -2.36. The number of unbranched alkanes of at least 4 members (excludes halogenated alkanes) is 6. The second-order valence-corrected chi connectivity index (χ2v) is 13.7. The molecule has 0 saturated heterocycles. The molecule has 0 spiro atoms. The average Bonchev–Trinajstić information content (AvgIpc) is 3.04. The Bertz CT molecular complexity index is 1060. The van der Waals surface area contributed by atoms with Crippen molar-refractivity contribution >= 4 is 34.8 Å². The van der Waals surface area contributed by atoms with Gasteiger partial charge in [-0.25, -0.2) is 9.59 Å². The fourth-order valence-electron chi connectivity index (χ4n) is 6.46. The zero-order valence-electron chi connectivity index (χ0n) is 29.7. The van der Waals surface area contributed by atoms with Gasteiger partial charge in [-0.1, -0.05) is 58.8 Å². The van der Waals surface area contributed by atoms with Gasteiger partial charge in [0, 0.05) is 77.1 Å². The maximum Gasteiger partial charge on any atom is 0.321 e. The monoisotopic (exact) mass is 634 g/mol. The number of carbonyl (C=O) groups is 2. The lowest BCUT2D eigenvalue weighted by atomic mass is 9.80. The minimum atomic E-state index is -0.00608. The minimum absolute atomic E-state index is 0.00608. The number of rotatable bonds is 18. The molecule has 4 amide bonds. The lowest BCUT2D eigenvalue weighted by molar-refractivity contribution is 0.153. The van der Waals surface area contributed by atoms with Crippen LogP contribution in [0, 0.1) is 11.8 Å². The van der Waals surface area contributed by atoms with Gasteiger partial charge in [-0.15, -0.1) is 0 Å². The molecule has 1 fully saturated rings. The van der Waals surface area contributed by atoms with Crippen molar-refractivity contribution in [1.82, 2.24) is 9.80 Å². The summed E-state index contributed by atoms with van der Waals surface area (Å²) in [7, 11) is 8.08. The van der Waals surface area contributed by atoms with Crippen molar-refractivity contribution in [3.05, 3.63) is 48.5 Å². The molecule has 256 valence electrons. The van der Waals surface area contributed by atoms with E-state index in [1.165, 1.54) is 25.7 Å². The molecule has 0 radical (unpaired) electrons. The Hall–Kier alpha value is -3.42. The van der Waals surface area contributed by atoms with Gasteiger partial charge in [0.1, 0.15) is 0 Å². The van der Waals surface area contributed by atoms with Crippen LogP contribution in [-0.4, -0.2) is 76.2 Å². The van der Waals surface area contributed by atoms with Crippen molar-refractivity contribution in [1.29, 1.82) is 0 Å². The second-order valence-electron chi connectivity index (χ2n) is 13.7. The number of hydrogen-bond donors (Lipinski definition) is 2. The summed E-state index contributed by atoms with van der Waals surface area (Å²) >= 11 is 0. The Morgan fingerprint density at radius 3 is 1.35 bits per heavy atom. The SMILES string of the molecule is CCCCCCN(C[C@H]1CCC[C@H](CN(CCCCCC)C(=O)Nc2ccc(N(C)C)cc2)C1)C(=O)Nc1ccc(N(C)C)cc1. The molecule has 2 atom stereocenters. The molecule has 0 unspecified atom stereocenters. The summed E-state index contributed by atoms with van der Waals surface area (Å²) in [6.07, 6.45) is 13.5. The predicted octanol–water partition coefficient (Wildman–Crippen LogP) is 9.15. The molecule has 46 heavy (non-hydrogen) atoms. The molecule has 8 nitrogen and oxygen atoms in total. The molecule has 2 aromatic carbocycles. The number of benzene rings is 2. The molecule has 0 aliphatic heterocycles. The highest BCUT2D eigenvalue weighted by molar-refractivity contribution is 5.90. The van der Waals surface area contributed by atoms with Gasteiger partial charge in [0.25, 0.3) is 0 Å². The number of nitrogens with one attached hydrogen (secondary N) is 2. The summed E-state index contributed by atoms with van der Waals surface area (Å²) in [6, 6.07) is 16.1. The molecular formula is C38H62N6O2. The summed E-state index contributed by atoms with van der Waals surface area (Å²) in [5.41, 5.74) is 3.88. The van der Waals surface area contributed by atoms with Gasteiger partial charge >= 0.3 is 12.1 Å². The topological polar surface area (TPSA) is 71.2 Å². The van der Waals surface area contributed by atoms with Crippen LogP contribution in [0.15, 0.2) is 48.5 Å². The molecule has 8 heteroatoms. The predicted molar refractivity (Wildman–Crippen MR) is 196 cm³/mol. The molecular weight excluding hydrogens is 572 g/mol. The summed E-state index contributed by atoms with van der Waals surface area (Å²) in [6.45, 7) is 7.54. The summed E-state index contributed by atoms with van der Waals surface area (Å²) < 4.78 is 0. The van der Waals surface area contributed by atoms with E-state index in [9.17, 15) is 9.59 Å². The van der Waals surface area contributed by atoms with Gasteiger partial charge in [-0.05, 0) is 92.5 Å². The van der Waals surface area contributed by atoms with Crippen molar-refractivity contribution in [2.45, 2.75) is 90.9 Å². The van der Waals surface area contributed by atoms with Crippen molar-refractivity contribution in [2.75, 3.05) is 74.8 Å².